The lowest BCUT2D eigenvalue weighted by atomic mass is 9.86. The maximum Gasteiger partial charge on any atom is 0.326 e. The lowest BCUT2D eigenvalue weighted by molar-refractivity contribution is -0.145. The Hall–Kier alpha value is -1.14. The predicted octanol–water partition coefficient (Wildman–Crippen LogP) is 0.617. The number of carboxylic acids is 1. The van der Waals surface area contributed by atoms with E-state index in [1.165, 1.54) is 0 Å². The Morgan fingerprint density at radius 3 is 2.50 bits per heavy atom. The van der Waals surface area contributed by atoms with Crippen LogP contribution in [0.3, 0.4) is 0 Å². The highest BCUT2D eigenvalue weighted by Gasteiger charge is 2.38. The van der Waals surface area contributed by atoms with Crippen molar-refractivity contribution in [3.05, 3.63) is 0 Å². The van der Waals surface area contributed by atoms with Gasteiger partial charge in [0.25, 0.3) is 0 Å². The zero-order chi connectivity index (χ0) is 15.3. The summed E-state index contributed by atoms with van der Waals surface area (Å²) in [6.07, 6.45) is 0.977. The number of nitrogens with one attached hydrogen (secondary N) is 2. The van der Waals surface area contributed by atoms with Crippen LogP contribution in [0.5, 0.6) is 0 Å². The SMILES string of the molecule is CCCNC1COCC1C(=O)N[C@@H](C(=O)O)C(C)(C)C. The van der Waals surface area contributed by atoms with Gasteiger partial charge in [0.1, 0.15) is 6.04 Å². The van der Waals surface area contributed by atoms with Gasteiger partial charge in [0.15, 0.2) is 0 Å². The molecule has 0 bridgehead atoms. The third kappa shape index (κ3) is 4.45. The van der Waals surface area contributed by atoms with Gasteiger partial charge in [-0.05, 0) is 18.4 Å². The molecule has 0 aliphatic carbocycles. The van der Waals surface area contributed by atoms with Crippen LogP contribution in [0.4, 0.5) is 0 Å². The molecular formula is C14H26N2O4. The first kappa shape index (κ1) is 16.9. The Morgan fingerprint density at radius 2 is 2.00 bits per heavy atom. The highest BCUT2D eigenvalue weighted by atomic mass is 16.5. The lowest BCUT2D eigenvalue weighted by Gasteiger charge is -2.29. The van der Waals surface area contributed by atoms with Crippen LogP contribution in [0.1, 0.15) is 34.1 Å². The average molecular weight is 286 g/mol. The Morgan fingerprint density at radius 1 is 1.35 bits per heavy atom. The van der Waals surface area contributed by atoms with Crippen LogP contribution in [0.15, 0.2) is 0 Å². The molecule has 1 heterocycles. The molecule has 1 rings (SSSR count). The number of hydrogen-bond donors (Lipinski definition) is 3. The second-order valence-corrected chi connectivity index (χ2v) is 6.35. The Labute approximate surface area is 120 Å². The van der Waals surface area contributed by atoms with Crippen LogP contribution in [-0.4, -0.2) is 48.8 Å². The summed E-state index contributed by atoms with van der Waals surface area (Å²) in [5, 5.41) is 15.2. The van der Waals surface area contributed by atoms with Gasteiger partial charge < -0.3 is 20.5 Å². The molecule has 3 atom stereocenters. The standard InChI is InChI=1S/C14H26N2O4/c1-5-6-15-10-8-20-7-9(10)12(17)16-11(13(18)19)14(2,3)4/h9-11,15H,5-8H2,1-4H3,(H,16,17)(H,18,19)/t9?,10?,11-/m0/s1. The van der Waals surface area contributed by atoms with Gasteiger partial charge in [0.05, 0.1) is 19.1 Å². The smallest absolute Gasteiger partial charge is 0.326 e. The van der Waals surface area contributed by atoms with Crippen molar-refractivity contribution in [2.75, 3.05) is 19.8 Å². The first-order chi connectivity index (χ1) is 9.27. The number of carboxylic acid groups (broad SMARTS) is 1. The molecule has 1 saturated heterocycles. The van der Waals surface area contributed by atoms with Crippen LogP contribution in [0.25, 0.3) is 0 Å². The van der Waals surface area contributed by atoms with E-state index in [2.05, 4.69) is 17.6 Å². The first-order valence-corrected chi connectivity index (χ1v) is 7.11. The zero-order valence-corrected chi connectivity index (χ0v) is 12.7. The van der Waals surface area contributed by atoms with E-state index < -0.39 is 17.4 Å². The van der Waals surface area contributed by atoms with Crippen molar-refractivity contribution in [3.8, 4) is 0 Å². The quantitative estimate of drug-likeness (QED) is 0.666. The van der Waals surface area contributed by atoms with Crippen molar-refractivity contribution in [1.29, 1.82) is 0 Å². The van der Waals surface area contributed by atoms with E-state index in [1.54, 1.807) is 20.8 Å². The Bertz CT molecular complexity index is 352. The van der Waals surface area contributed by atoms with E-state index in [1.807, 2.05) is 0 Å². The molecule has 1 amide bonds. The zero-order valence-electron chi connectivity index (χ0n) is 12.7. The van der Waals surface area contributed by atoms with Crippen molar-refractivity contribution >= 4 is 11.9 Å². The summed E-state index contributed by atoms with van der Waals surface area (Å²) in [7, 11) is 0. The molecule has 0 saturated carbocycles. The maximum absolute atomic E-state index is 12.3. The molecule has 3 N–H and O–H groups in total. The molecule has 6 nitrogen and oxygen atoms in total. The minimum Gasteiger partial charge on any atom is -0.480 e. The summed E-state index contributed by atoms with van der Waals surface area (Å²) in [5.41, 5.74) is -0.534. The number of hydrogen-bond acceptors (Lipinski definition) is 4. The topological polar surface area (TPSA) is 87.7 Å². The van der Waals surface area contributed by atoms with Crippen molar-refractivity contribution < 1.29 is 19.4 Å². The summed E-state index contributed by atoms with van der Waals surface area (Å²) in [5.74, 6) is -1.59. The second kappa shape index (κ2) is 7.04. The third-order valence-corrected chi connectivity index (χ3v) is 3.47. The molecule has 0 aromatic rings. The summed E-state index contributed by atoms with van der Waals surface area (Å²) in [6, 6.07) is -0.938. The fraction of sp³-hybridized carbons (Fsp3) is 0.857. The summed E-state index contributed by atoms with van der Waals surface area (Å²) >= 11 is 0. The number of carbonyl (C=O) groups excluding carboxylic acids is 1. The molecule has 116 valence electrons. The van der Waals surface area contributed by atoms with Crippen LogP contribution < -0.4 is 10.6 Å². The Balaban J connectivity index is 2.66. The van der Waals surface area contributed by atoms with E-state index in [0.29, 0.717) is 13.2 Å². The predicted molar refractivity (Wildman–Crippen MR) is 75.4 cm³/mol. The fourth-order valence-corrected chi connectivity index (χ4v) is 2.24. The Kier molecular flexibility index (Phi) is 5.95. The van der Waals surface area contributed by atoms with Gasteiger partial charge in [0.2, 0.25) is 5.91 Å². The molecule has 2 unspecified atom stereocenters. The van der Waals surface area contributed by atoms with Gasteiger partial charge in [-0.25, -0.2) is 4.79 Å². The molecular weight excluding hydrogens is 260 g/mol. The third-order valence-electron chi connectivity index (χ3n) is 3.47. The monoisotopic (exact) mass is 286 g/mol. The molecule has 6 heteroatoms. The van der Waals surface area contributed by atoms with E-state index in [4.69, 9.17) is 4.74 Å². The highest BCUT2D eigenvalue weighted by molar-refractivity contribution is 5.86. The molecule has 1 aliphatic rings. The summed E-state index contributed by atoms with van der Waals surface area (Å²) in [6.45, 7) is 9.09. The van der Waals surface area contributed by atoms with Crippen molar-refractivity contribution in [2.45, 2.75) is 46.2 Å². The van der Waals surface area contributed by atoms with Crippen molar-refractivity contribution in [2.24, 2.45) is 11.3 Å². The molecule has 1 fully saturated rings. The minimum atomic E-state index is -1.01. The second-order valence-electron chi connectivity index (χ2n) is 6.35. The number of carbonyl (C=O) groups is 2. The number of amides is 1. The number of ether oxygens (including phenoxy) is 1. The fourth-order valence-electron chi connectivity index (χ4n) is 2.24. The van der Waals surface area contributed by atoms with Gasteiger partial charge >= 0.3 is 5.97 Å². The van der Waals surface area contributed by atoms with Crippen LogP contribution >= 0.6 is 0 Å². The minimum absolute atomic E-state index is 0.0376. The molecule has 1 aliphatic heterocycles. The number of rotatable bonds is 6. The highest BCUT2D eigenvalue weighted by Crippen LogP contribution is 2.21. The van der Waals surface area contributed by atoms with Crippen LogP contribution in [0, 0.1) is 11.3 Å². The first-order valence-electron chi connectivity index (χ1n) is 7.11. The lowest BCUT2D eigenvalue weighted by Crippen LogP contribution is -2.53. The van der Waals surface area contributed by atoms with Crippen LogP contribution in [-0.2, 0) is 14.3 Å². The summed E-state index contributed by atoms with van der Waals surface area (Å²) < 4.78 is 5.34. The van der Waals surface area contributed by atoms with Gasteiger partial charge in [0, 0.05) is 6.04 Å². The van der Waals surface area contributed by atoms with Crippen molar-refractivity contribution in [3.63, 3.8) is 0 Å². The van der Waals surface area contributed by atoms with Gasteiger partial charge in [-0.2, -0.15) is 0 Å². The van der Waals surface area contributed by atoms with Gasteiger partial charge in [-0.3, -0.25) is 4.79 Å². The average Bonchev–Trinajstić information content (AvgIpc) is 2.79. The summed E-state index contributed by atoms with van der Waals surface area (Å²) in [4.78, 5) is 23.6. The molecule has 0 radical (unpaired) electrons. The van der Waals surface area contributed by atoms with Gasteiger partial charge in [-0.1, -0.05) is 27.7 Å². The van der Waals surface area contributed by atoms with E-state index in [0.717, 1.165) is 13.0 Å². The molecule has 20 heavy (non-hydrogen) atoms. The molecule has 0 aromatic heterocycles. The van der Waals surface area contributed by atoms with Crippen LogP contribution in [0.2, 0.25) is 0 Å². The molecule has 0 spiro atoms. The van der Waals surface area contributed by atoms with E-state index >= 15 is 0 Å². The van der Waals surface area contributed by atoms with Crippen molar-refractivity contribution in [1.82, 2.24) is 10.6 Å². The normalized spacial score (nSPS) is 24.4. The van der Waals surface area contributed by atoms with Gasteiger partial charge in [-0.15, -0.1) is 0 Å². The van der Waals surface area contributed by atoms with E-state index in [-0.39, 0.29) is 17.9 Å². The van der Waals surface area contributed by atoms with E-state index in [9.17, 15) is 14.7 Å². The largest absolute Gasteiger partial charge is 0.480 e. The molecule has 0 aromatic carbocycles. The maximum atomic E-state index is 12.3. The number of aliphatic carboxylic acids is 1.